The van der Waals surface area contributed by atoms with Gasteiger partial charge >= 0.3 is 0 Å². The summed E-state index contributed by atoms with van der Waals surface area (Å²) < 4.78 is 0. The van der Waals surface area contributed by atoms with Gasteiger partial charge in [-0.1, -0.05) is 65.8 Å². The molecule has 0 aliphatic carbocycles. The van der Waals surface area contributed by atoms with Crippen LogP contribution in [-0.4, -0.2) is 57.9 Å². The number of aryl methyl sites for hydroxylation is 2. The number of aromatic nitrogens is 2. The monoisotopic (exact) mass is 504 g/mol. The van der Waals surface area contributed by atoms with Crippen molar-refractivity contribution in [2.24, 2.45) is 11.3 Å². The summed E-state index contributed by atoms with van der Waals surface area (Å²) in [5.41, 5.74) is 5.72. The summed E-state index contributed by atoms with van der Waals surface area (Å²) >= 11 is 0. The quantitative estimate of drug-likeness (QED) is 0.484. The Balaban J connectivity index is 1.31. The van der Waals surface area contributed by atoms with E-state index in [2.05, 4.69) is 80.7 Å². The van der Waals surface area contributed by atoms with Gasteiger partial charge in [0, 0.05) is 30.4 Å². The molecular formula is C32H48N4O. The molecule has 2 aromatic rings. The molecule has 0 bridgehead atoms. The van der Waals surface area contributed by atoms with Gasteiger partial charge < -0.3 is 9.80 Å². The van der Waals surface area contributed by atoms with Gasteiger partial charge in [0.05, 0.1) is 0 Å². The molecule has 37 heavy (non-hydrogen) atoms. The van der Waals surface area contributed by atoms with E-state index < -0.39 is 0 Å². The van der Waals surface area contributed by atoms with Crippen LogP contribution in [0.25, 0.3) is 0 Å². The summed E-state index contributed by atoms with van der Waals surface area (Å²) in [5.74, 6) is 0.892. The Morgan fingerprint density at radius 3 is 2.05 bits per heavy atom. The molecule has 202 valence electrons. The molecule has 5 heteroatoms. The normalized spacial score (nSPS) is 18.8. The van der Waals surface area contributed by atoms with E-state index in [4.69, 9.17) is 0 Å². The second-order valence-corrected chi connectivity index (χ2v) is 13.4. The van der Waals surface area contributed by atoms with Crippen molar-refractivity contribution in [1.82, 2.24) is 19.8 Å². The van der Waals surface area contributed by atoms with Crippen molar-refractivity contribution in [2.75, 3.05) is 26.2 Å². The maximum absolute atomic E-state index is 13.4. The summed E-state index contributed by atoms with van der Waals surface area (Å²) in [5, 5.41) is 0. The predicted octanol–water partition coefficient (Wildman–Crippen LogP) is 6.23. The van der Waals surface area contributed by atoms with Gasteiger partial charge in [0.15, 0.2) is 0 Å². The molecule has 0 N–H and O–H groups in total. The molecular weight excluding hydrogens is 456 g/mol. The first kappa shape index (κ1) is 27.8. The lowest BCUT2D eigenvalue weighted by Crippen LogP contribution is -2.50. The van der Waals surface area contributed by atoms with Crippen LogP contribution in [0.4, 0.5) is 0 Å². The van der Waals surface area contributed by atoms with Crippen molar-refractivity contribution in [3.8, 4) is 0 Å². The predicted molar refractivity (Wildman–Crippen MR) is 152 cm³/mol. The van der Waals surface area contributed by atoms with Crippen molar-refractivity contribution in [2.45, 2.75) is 98.4 Å². The van der Waals surface area contributed by atoms with Crippen LogP contribution < -0.4 is 0 Å². The topological polar surface area (TPSA) is 49.3 Å². The molecule has 2 saturated heterocycles. The maximum atomic E-state index is 13.4. The van der Waals surface area contributed by atoms with Gasteiger partial charge in [-0.05, 0) is 86.4 Å². The van der Waals surface area contributed by atoms with Crippen molar-refractivity contribution < 1.29 is 4.79 Å². The zero-order chi connectivity index (χ0) is 26.8. The highest BCUT2D eigenvalue weighted by atomic mass is 16.2. The van der Waals surface area contributed by atoms with E-state index in [-0.39, 0.29) is 11.3 Å². The van der Waals surface area contributed by atoms with Crippen molar-refractivity contribution in [3.05, 3.63) is 58.7 Å². The van der Waals surface area contributed by atoms with Crippen molar-refractivity contribution >= 4 is 5.91 Å². The fraction of sp³-hybridized carbons (Fsp3) is 0.656. The van der Waals surface area contributed by atoms with Gasteiger partial charge in [-0.3, -0.25) is 4.79 Å². The molecule has 2 fully saturated rings. The average Bonchev–Trinajstić information content (AvgIpc) is 2.87. The first-order chi connectivity index (χ1) is 17.4. The molecule has 2 aliphatic heterocycles. The van der Waals surface area contributed by atoms with Crippen LogP contribution >= 0.6 is 0 Å². The molecule has 0 radical (unpaired) electrons. The molecule has 5 nitrogen and oxygen atoms in total. The van der Waals surface area contributed by atoms with E-state index in [0.29, 0.717) is 17.2 Å². The van der Waals surface area contributed by atoms with Crippen LogP contribution in [0.3, 0.4) is 0 Å². The highest BCUT2D eigenvalue weighted by Crippen LogP contribution is 2.35. The fourth-order valence-corrected chi connectivity index (χ4v) is 6.10. The van der Waals surface area contributed by atoms with E-state index in [1.165, 1.54) is 37.1 Å². The number of amides is 1. The number of hydrogen-bond donors (Lipinski definition) is 0. The third-order valence-electron chi connectivity index (χ3n) is 8.88. The smallest absolute Gasteiger partial charge is 0.272 e. The molecule has 1 aromatic heterocycles. The molecule has 4 rings (SSSR count). The lowest BCUT2D eigenvalue weighted by molar-refractivity contribution is 0.0438. The standard InChI is InChI=1S/C32H48N4O/c1-23-28(13-10-24-8-11-25(12-9-24)31(2,3)4)33-22-34-29(23)30(37)36-20-16-27(17-21-36)35-18-14-26(15-19-35)32(5,6)7/h8-9,11-12,22,26-27H,10,13-21H2,1-7H3. The number of benzene rings is 1. The minimum Gasteiger partial charge on any atom is -0.337 e. The number of nitrogens with zero attached hydrogens (tertiary/aromatic N) is 4. The summed E-state index contributed by atoms with van der Waals surface area (Å²) in [7, 11) is 0. The van der Waals surface area contributed by atoms with E-state index in [1.54, 1.807) is 6.33 Å². The molecule has 2 aliphatic rings. The lowest BCUT2D eigenvalue weighted by Gasteiger charge is -2.44. The zero-order valence-corrected chi connectivity index (χ0v) is 24.3. The minimum atomic E-state index is 0.0700. The molecule has 0 spiro atoms. The first-order valence-corrected chi connectivity index (χ1v) is 14.4. The molecule has 3 heterocycles. The third kappa shape index (κ3) is 6.79. The van der Waals surface area contributed by atoms with Crippen LogP contribution in [0, 0.1) is 18.3 Å². The fourth-order valence-electron chi connectivity index (χ4n) is 6.10. The van der Waals surface area contributed by atoms with Crippen molar-refractivity contribution in [1.29, 1.82) is 0 Å². The van der Waals surface area contributed by atoms with Gasteiger partial charge in [-0.25, -0.2) is 9.97 Å². The van der Waals surface area contributed by atoms with Crippen LogP contribution in [0.15, 0.2) is 30.6 Å². The second kappa shape index (κ2) is 11.2. The summed E-state index contributed by atoms with van der Waals surface area (Å²) in [6.07, 6.45) is 8.02. The lowest BCUT2D eigenvalue weighted by atomic mass is 9.75. The second-order valence-electron chi connectivity index (χ2n) is 13.4. The van der Waals surface area contributed by atoms with Gasteiger partial charge in [0.25, 0.3) is 5.91 Å². The summed E-state index contributed by atoms with van der Waals surface area (Å²) in [6, 6.07) is 9.51. The van der Waals surface area contributed by atoms with Crippen molar-refractivity contribution in [3.63, 3.8) is 0 Å². The number of carbonyl (C=O) groups excluding carboxylic acids is 1. The number of piperidine rings is 2. The highest BCUT2D eigenvalue weighted by molar-refractivity contribution is 5.93. The summed E-state index contributed by atoms with van der Waals surface area (Å²) in [4.78, 5) is 27.1. The number of hydrogen-bond acceptors (Lipinski definition) is 4. The third-order valence-corrected chi connectivity index (χ3v) is 8.88. The molecule has 0 saturated carbocycles. The minimum absolute atomic E-state index is 0.0700. The van der Waals surface area contributed by atoms with E-state index in [9.17, 15) is 4.79 Å². The van der Waals surface area contributed by atoms with Gasteiger partial charge in [0.1, 0.15) is 12.0 Å². The van der Waals surface area contributed by atoms with Gasteiger partial charge in [-0.2, -0.15) is 0 Å². The first-order valence-electron chi connectivity index (χ1n) is 14.4. The van der Waals surface area contributed by atoms with Crippen LogP contribution in [0.1, 0.15) is 100 Å². The van der Waals surface area contributed by atoms with E-state index in [1.807, 2.05) is 11.8 Å². The SMILES string of the molecule is Cc1c(CCc2ccc(C(C)(C)C)cc2)ncnc1C(=O)N1CCC(N2CCC(C(C)(C)C)CC2)CC1. The summed E-state index contributed by atoms with van der Waals surface area (Å²) in [6.45, 7) is 19.9. The van der Waals surface area contributed by atoms with Crippen LogP contribution in [-0.2, 0) is 18.3 Å². The molecule has 1 amide bonds. The maximum Gasteiger partial charge on any atom is 0.272 e. The van der Waals surface area contributed by atoms with Crippen LogP contribution in [0.2, 0.25) is 0 Å². The Bertz CT molecular complexity index is 1050. The largest absolute Gasteiger partial charge is 0.337 e. The number of likely N-dealkylation sites (tertiary alicyclic amines) is 2. The number of rotatable bonds is 5. The Morgan fingerprint density at radius 1 is 0.865 bits per heavy atom. The Morgan fingerprint density at radius 2 is 1.49 bits per heavy atom. The van der Waals surface area contributed by atoms with Gasteiger partial charge in [-0.15, -0.1) is 0 Å². The van der Waals surface area contributed by atoms with Crippen LogP contribution in [0.5, 0.6) is 0 Å². The Kier molecular flexibility index (Phi) is 8.42. The Labute approximate surface area is 225 Å². The van der Waals surface area contributed by atoms with E-state index >= 15 is 0 Å². The molecule has 0 unspecified atom stereocenters. The zero-order valence-electron chi connectivity index (χ0n) is 24.3. The van der Waals surface area contributed by atoms with Gasteiger partial charge in [0.2, 0.25) is 0 Å². The average molecular weight is 505 g/mol. The molecule has 1 aromatic carbocycles. The van der Waals surface area contributed by atoms with E-state index in [0.717, 1.165) is 55.9 Å². The molecule has 0 atom stereocenters. The number of carbonyl (C=O) groups is 1. The Hall–Kier alpha value is -2.27. The highest BCUT2D eigenvalue weighted by Gasteiger charge is 2.34.